The Labute approximate surface area is 137 Å². The molecule has 4 nitrogen and oxygen atoms in total. The predicted octanol–water partition coefficient (Wildman–Crippen LogP) is 3.65. The van der Waals surface area contributed by atoms with E-state index in [1.54, 1.807) is 12.3 Å². The van der Waals surface area contributed by atoms with E-state index >= 15 is 0 Å². The summed E-state index contributed by atoms with van der Waals surface area (Å²) in [5.41, 5.74) is 4.88. The molecular formula is C18H26FN3O. The smallest absolute Gasteiger partial charge is 0.125 e. The van der Waals surface area contributed by atoms with Gasteiger partial charge in [0.2, 0.25) is 0 Å². The highest BCUT2D eigenvalue weighted by atomic mass is 19.1. The monoisotopic (exact) mass is 319 g/mol. The van der Waals surface area contributed by atoms with Crippen LogP contribution in [0, 0.1) is 5.82 Å². The number of benzene rings is 1. The summed E-state index contributed by atoms with van der Waals surface area (Å²) >= 11 is 0. The Morgan fingerprint density at radius 1 is 1.30 bits per heavy atom. The lowest BCUT2D eigenvalue weighted by Gasteiger charge is -2.32. The van der Waals surface area contributed by atoms with Gasteiger partial charge in [-0.3, -0.25) is 4.98 Å². The number of aliphatic hydroxyl groups is 1. The van der Waals surface area contributed by atoms with Gasteiger partial charge in [-0.25, -0.2) is 9.82 Å². The Kier molecular flexibility index (Phi) is 6.74. The third-order valence-electron chi connectivity index (χ3n) is 4.00. The van der Waals surface area contributed by atoms with Crippen LogP contribution in [0.4, 0.5) is 10.1 Å². The number of nitrogens with zero attached hydrogens (tertiary/aromatic N) is 2. The van der Waals surface area contributed by atoms with E-state index in [4.69, 9.17) is 5.11 Å². The van der Waals surface area contributed by atoms with Crippen molar-refractivity contribution >= 4 is 16.6 Å². The normalized spacial score (nSPS) is 12.5. The Hall–Kier alpha value is -1.72. The lowest BCUT2D eigenvalue weighted by molar-refractivity contribution is 0.287. The third kappa shape index (κ3) is 4.62. The number of hydrogen-bond donors (Lipinski definition) is 2. The molecule has 1 aromatic carbocycles. The Morgan fingerprint density at radius 2 is 2.13 bits per heavy atom. The fourth-order valence-corrected chi connectivity index (χ4v) is 2.78. The lowest BCUT2D eigenvalue weighted by Crippen LogP contribution is -2.46. The highest BCUT2D eigenvalue weighted by molar-refractivity contribution is 5.91. The van der Waals surface area contributed by atoms with Crippen LogP contribution in [0.25, 0.3) is 10.9 Å². The zero-order valence-electron chi connectivity index (χ0n) is 13.9. The number of hydrogen-bond acceptors (Lipinski definition) is 4. The van der Waals surface area contributed by atoms with E-state index in [2.05, 4.69) is 29.3 Å². The van der Waals surface area contributed by atoms with Crippen LogP contribution in [0.2, 0.25) is 0 Å². The van der Waals surface area contributed by atoms with Crippen LogP contribution in [-0.4, -0.2) is 29.3 Å². The molecule has 0 saturated heterocycles. The second-order valence-electron chi connectivity index (χ2n) is 5.84. The van der Waals surface area contributed by atoms with Crippen molar-refractivity contribution in [3.8, 4) is 0 Å². The minimum Gasteiger partial charge on any atom is -0.395 e. The average molecular weight is 319 g/mol. The maximum absolute atomic E-state index is 13.4. The van der Waals surface area contributed by atoms with Gasteiger partial charge in [-0.05, 0) is 31.5 Å². The molecule has 0 spiro atoms. The summed E-state index contributed by atoms with van der Waals surface area (Å²) in [5.74, 6) is -0.284. The fraction of sp³-hybridized carbons (Fsp3) is 0.500. The van der Waals surface area contributed by atoms with Crippen LogP contribution in [0.1, 0.15) is 39.5 Å². The summed E-state index contributed by atoms with van der Waals surface area (Å²) in [5, 5.41) is 12.1. The van der Waals surface area contributed by atoms with Gasteiger partial charge in [0.05, 0.1) is 17.8 Å². The van der Waals surface area contributed by atoms with Crippen LogP contribution >= 0.6 is 0 Å². The molecule has 23 heavy (non-hydrogen) atoms. The predicted molar refractivity (Wildman–Crippen MR) is 92.9 cm³/mol. The molecule has 0 fully saturated rings. The highest BCUT2D eigenvalue weighted by Crippen LogP contribution is 2.27. The molecule has 1 aromatic heterocycles. The maximum Gasteiger partial charge on any atom is 0.125 e. The number of nitrogens with one attached hydrogen (secondary N) is 1. The van der Waals surface area contributed by atoms with Crippen molar-refractivity contribution in [1.82, 2.24) is 10.4 Å². The fourth-order valence-electron chi connectivity index (χ4n) is 2.78. The van der Waals surface area contributed by atoms with Crippen molar-refractivity contribution in [3.63, 3.8) is 0 Å². The van der Waals surface area contributed by atoms with Gasteiger partial charge in [0.15, 0.2) is 0 Å². The Bertz CT molecular complexity index is 620. The second-order valence-corrected chi connectivity index (χ2v) is 5.84. The number of aliphatic hydroxyl groups excluding tert-OH is 1. The topological polar surface area (TPSA) is 48.4 Å². The van der Waals surface area contributed by atoms with Gasteiger partial charge in [-0.1, -0.05) is 26.2 Å². The van der Waals surface area contributed by atoms with Crippen LogP contribution in [0.3, 0.4) is 0 Å². The standard InChI is InChI=1S/C18H26FN3O/c1-3-4-5-6-14(2)22(21-11-12-23)18-9-10-20-17-13-15(19)7-8-16(17)18/h7-10,13-14,21,23H,3-6,11-12H2,1-2H3. The summed E-state index contributed by atoms with van der Waals surface area (Å²) in [6.45, 7) is 4.89. The minimum absolute atomic E-state index is 0.0653. The molecule has 0 bridgehead atoms. The number of unbranched alkanes of at least 4 members (excludes halogenated alkanes) is 2. The van der Waals surface area contributed by atoms with Crippen LogP contribution in [0.5, 0.6) is 0 Å². The van der Waals surface area contributed by atoms with Crippen molar-refractivity contribution in [2.75, 3.05) is 18.2 Å². The summed E-state index contributed by atoms with van der Waals surface area (Å²) in [6, 6.07) is 6.87. The molecule has 2 aromatic rings. The van der Waals surface area contributed by atoms with Gasteiger partial charge >= 0.3 is 0 Å². The van der Waals surface area contributed by atoms with E-state index in [1.807, 2.05) is 6.07 Å². The van der Waals surface area contributed by atoms with Gasteiger partial charge in [0, 0.05) is 30.2 Å². The van der Waals surface area contributed by atoms with E-state index in [0.29, 0.717) is 12.1 Å². The number of hydrazine groups is 1. The molecule has 0 amide bonds. The van der Waals surface area contributed by atoms with Gasteiger partial charge in [-0.15, -0.1) is 0 Å². The molecule has 0 aliphatic carbocycles. The van der Waals surface area contributed by atoms with Crippen molar-refractivity contribution in [3.05, 3.63) is 36.3 Å². The first-order valence-corrected chi connectivity index (χ1v) is 8.35. The van der Waals surface area contributed by atoms with E-state index in [0.717, 1.165) is 23.9 Å². The van der Waals surface area contributed by atoms with Crippen molar-refractivity contribution in [2.45, 2.75) is 45.6 Å². The molecule has 2 N–H and O–H groups in total. The van der Waals surface area contributed by atoms with Crippen LogP contribution in [0.15, 0.2) is 30.5 Å². The molecule has 0 aliphatic rings. The first-order chi connectivity index (χ1) is 11.2. The molecule has 5 heteroatoms. The minimum atomic E-state index is -0.284. The number of anilines is 1. The molecule has 126 valence electrons. The van der Waals surface area contributed by atoms with Crippen LogP contribution in [-0.2, 0) is 0 Å². The van der Waals surface area contributed by atoms with E-state index in [1.165, 1.54) is 25.0 Å². The van der Waals surface area contributed by atoms with Crippen molar-refractivity contribution < 1.29 is 9.50 Å². The quantitative estimate of drug-likeness (QED) is 0.547. The first-order valence-electron chi connectivity index (χ1n) is 8.35. The summed E-state index contributed by atoms with van der Waals surface area (Å²) < 4.78 is 13.4. The summed E-state index contributed by atoms with van der Waals surface area (Å²) in [6.07, 6.45) is 6.31. The van der Waals surface area contributed by atoms with E-state index < -0.39 is 0 Å². The number of rotatable bonds is 9. The third-order valence-corrected chi connectivity index (χ3v) is 4.00. The Morgan fingerprint density at radius 3 is 2.87 bits per heavy atom. The van der Waals surface area contributed by atoms with Gasteiger partial charge in [0.25, 0.3) is 0 Å². The SMILES string of the molecule is CCCCCC(C)N(NCCO)c1ccnc2cc(F)ccc12. The summed E-state index contributed by atoms with van der Waals surface area (Å²) in [7, 11) is 0. The van der Waals surface area contributed by atoms with E-state index in [-0.39, 0.29) is 18.5 Å². The number of fused-ring (bicyclic) bond motifs is 1. The van der Waals surface area contributed by atoms with Gasteiger partial charge in [0.1, 0.15) is 5.82 Å². The molecule has 1 atom stereocenters. The van der Waals surface area contributed by atoms with Gasteiger partial charge in [-0.2, -0.15) is 0 Å². The Balaban J connectivity index is 2.30. The lowest BCUT2D eigenvalue weighted by atomic mass is 10.1. The number of pyridine rings is 1. The molecule has 0 aliphatic heterocycles. The zero-order valence-corrected chi connectivity index (χ0v) is 13.9. The molecule has 1 unspecified atom stereocenters. The highest BCUT2D eigenvalue weighted by Gasteiger charge is 2.17. The first kappa shape index (κ1) is 17.6. The average Bonchev–Trinajstić information content (AvgIpc) is 2.55. The maximum atomic E-state index is 13.4. The number of aromatic nitrogens is 1. The molecule has 2 rings (SSSR count). The van der Waals surface area contributed by atoms with Crippen molar-refractivity contribution in [1.29, 1.82) is 0 Å². The zero-order chi connectivity index (χ0) is 16.7. The summed E-state index contributed by atoms with van der Waals surface area (Å²) in [4.78, 5) is 4.26. The molecular weight excluding hydrogens is 293 g/mol. The number of halogens is 1. The van der Waals surface area contributed by atoms with Crippen LogP contribution < -0.4 is 10.4 Å². The second kappa shape index (κ2) is 8.79. The largest absolute Gasteiger partial charge is 0.395 e. The molecule has 0 saturated carbocycles. The van der Waals surface area contributed by atoms with Gasteiger partial charge < -0.3 is 10.1 Å². The molecule has 1 heterocycles. The molecule has 0 radical (unpaired) electrons. The van der Waals surface area contributed by atoms with E-state index in [9.17, 15) is 4.39 Å². The van der Waals surface area contributed by atoms with Crippen molar-refractivity contribution in [2.24, 2.45) is 0 Å².